The van der Waals surface area contributed by atoms with E-state index in [9.17, 15) is 0 Å². The molecule has 6 heteroatoms. The number of halogens is 1. The Morgan fingerprint density at radius 3 is 2.25 bits per heavy atom. The first-order valence-corrected chi connectivity index (χ1v) is 6.79. The molecule has 0 spiro atoms. The fourth-order valence-corrected chi connectivity index (χ4v) is 2.04. The van der Waals surface area contributed by atoms with Gasteiger partial charge < -0.3 is 0 Å². The Morgan fingerprint density at radius 2 is 1.88 bits per heavy atom. The number of rotatable bonds is 2. The summed E-state index contributed by atoms with van der Waals surface area (Å²) in [7, 11) is -4.19. The monoisotopic (exact) mass is 256 g/mol. The van der Waals surface area contributed by atoms with Crippen molar-refractivity contribution in [2.24, 2.45) is 11.8 Å². The molecule has 2 atom stereocenters. The summed E-state index contributed by atoms with van der Waals surface area (Å²) in [5, 5.41) is 0. The predicted molar refractivity (Wildman–Crippen MR) is 56.0 cm³/mol. The van der Waals surface area contributed by atoms with Crippen LogP contribution in [-0.2, 0) is 0 Å². The van der Waals surface area contributed by atoms with Crippen LogP contribution in [0.25, 0.3) is 0 Å². The van der Waals surface area contributed by atoms with Crippen LogP contribution in [-0.4, -0.2) is 37.9 Å². The van der Waals surface area contributed by atoms with Crippen molar-refractivity contribution < 1.29 is 33.5 Å². The Bertz CT molecular complexity index is 221. The molecule has 0 aromatic rings. The van der Waals surface area contributed by atoms with Gasteiger partial charge in [0.1, 0.15) is 19.3 Å². The van der Waals surface area contributed by atoms with Gasteiger partial charge in [0.2, 0.25) is 0 Å². The van der Waals surface area contributed by atoms with Crippen LogP contribution >= 0.6 is 0 Å². The van der Waals surface area contributed by atoms with Gasteiger partial charge in [-0.2, -0.15) is 0 Å². The van der Waals surface area contributed by atoms with E-state index in [1.165, 1.54) is 25.9 Å². The van der Waals surface area contributed by atoms with Crippen molar-refractivity contribution >= 4 is 6.21 Å². The number of hydrogen-bond acceptors (Lipinski definition) is 4. The maximum atomic E-state index is 8.83. The average Bonchev–Trinajstić information content (AvgIpc) is 1.98. The standard InChI is InChI=1S/C10H20N.ClH3O4/c1-4-5-11-7-9(2)6-10(3)8-11;2-1(3,4)5/h7,9-10H,4-6,8H2,1-3H3;2-4H/q+1;. The first kappa shape index (κ1) is 15.8. The van der Waals surface area contributed by atoms with Gasteiger partial charge in [-0.3, -0.25) is 0 Å². The number of nitrogens with zero attached hydrogens (tertiary/aromatic N) is 1. The van der Waals surface area contributed by atoms with E-state index in [-0.39, 0.29) is 0 Å². The molecule has 0 saturated heterocycles. The van der Waals surface area contributed by atoms with Gasteiger partial charge in [-0.1, -0.05) is 20.8 Å². The first-order valence-electron chi connectivity index (χ1n) is 5.47. The summed E-state index contributed by atoms with van der Waals surface area (Å²) in [6, 6.07) is 0. The average molecular weight is 257 g/mol. The van der Waals surface area contributed by atoms with Gasteiger partial charge in [-0.15, -0.1) is 0 Å². The number of hydrogen-bond donors (Lipinski definition) is 3. The molecule has 1 aliphatic heterocycles. The van der Waals surface area contributed by atoms with Gasteiger partial charge in [0.15, 0.2) is 0 Å². The van der Waals surface area contributed by atoms with E-state index < -0.39 is 10.2 Å². The second-order valence-electron chi connectivity index (χ2n) is 4.40. The van der Waals surface area contributed by atoms with Crippen molar-refractivity contribution in [2.45, 2.75) is 33.6 Å². The van der Waals surface area contributed by atoms with Gasteiger partial charge in [0.25, 0.3) is 0 Å². The Hall–Kier alpha value is -0.200. The summed E-state index contributed by atoms with van der Waals surface area (Å²) in [6.45, 7) is 9.44. The molecule has 0 aromatic heterocycles. The van der Waals surface area contributed by atoms with E-state index in [0.29, 0.717) is 0 Å². The van der Waals surface area contributed by atoms with Crippen LogP contribution in [0.15, 0.2) is 0 Å². The SMILES string of the molecule is CCC[N+]1=CC(C)CC(C)C1.[O-][Cl+](O)(O)O. The zero-order valence-electron chi connectivity index (χ0n) is 10.1. The summed E-state index contributed by atoms with van der Waals surface area (Å²) < 4.78 is 32.7. The molecule has 1 heterocycles. The third-order valence-electron chi connectivity index (χ3n) is 2.30. The molecule has 1 aliphatic rings. The Balaban J connectivity index is 0.000000385. The van der Waals surface area contributed by atoms with Crippen LogP contribution in [0.5, 0.6) is 0 Å². The second-order valence-corrected chi connectivity index (χ2v) is 5.26. The minimum atomic E-state index is -4.19. The Labute approximate surface area is 98.8 Å². The van der Waals surface area contributed by atoms with Crippen LogP contribution in [0.4, 0.5) is 0 Å². The normalized spacial score (nSPS) is 26.6. The summed E-state index contributed by atoms with van der Waals surface area (Å²) in [4.78, 5) is 0. The quantitative estimate of drug-likeness (QED) is 0.570. The van der Waals surface area contributed by atoms with E-state index in [2.05, 4.69) is 31.6 Å². The first-order chi connectivity index (χ1) is 7.22. The van der Waals surface area contributed by atoms with Crippen LogP contribution < -0.4 is 4.66 Å². The molecule has 2 unspecified atom stereocenters. The summed E-state index contributed by atoms with van der Waals surface area (Å²) in [6.07, 6.45) is 5.06. The van der Waals surface area contributed by atoms with Crippen LogP contribution in [0, 0.1) is 22.1 Å². The van der Waals surface area contributed by atoms with Crippen molar-refractivity contribution in [3.8, 4) is 0 Å². The maximum absolute atomic E-state index is 8.83. The molecule has 3 N–H and O–H groups in total. The summed E-state index contributed by atoms with van der Waals surface area (Å²) >= 11 is 0. The molecule has 0 aliphatic carbocycles. The zero-order chi connectivity index (χ0) is 12.8. The Morgan fingerprint density at radius 1 is 1.38 bits per heavy atom. The molecule has 98 valence electrons. The fourth-order valence-electron chi connectivity index (χ4n) is 2.04. The van der Waals surface area contributed by atoms with Crippen molar-refractivity contribution in [3.05, 3.63) is 0 Å². The summed E-state index contributed by atoms with van der Waals surface area (Å²) in [5.74, 6) is 1.69. The van der Waals surface area contributed by atoms with Crippen molar-refractivity contribution in [3.63, 3.8) is 0 Å². The molecular formula is C10H23ClNO4+. The van der Waals surface area contributed by atoms with Crippen molar-refractivity contribution in [1.82, 2.24) is 0 Å². The fraction of sp³-hybridized carbons (Fsp3) is 0.900. The van der Waals surface area contributed by atoms with Gasteiger partial charge >= 0.3 is 28.9 Å². The molecule has 1 rings (SSSR count). The third-order valence-corrected chi connectivity index (χ3v) is 2.30. The van der Waals surface area contributed by atoms with Crippen LogP contribution in [0.1, 0.15) is 33.6 Å². The summed E-state index contributed by atoms with van der Waals surface area (Å²) in [5.41, 5.74) is 0. The molecule has 0 amide bonds. The van der Waals surface area contributed by atoms with E-state index >= 15 is 0 Å². The van der Waals surface area contributed by atoms with E-state index in [1.54, 1.807) is 0 Å². The van der Waals surface area contributed by atoms with Crippen LogP contribution in [0.2, 0.25) is 0 Å². The topological polar surface area (TPSA) is 86.8 Å². The third kappa shape index (κ3) is 10.3. The minimum absolute atomic E-state index is 0.797. The molecule has 0 radical (unpaired) electrons. The van der Waals surface area contributed by atoms with E-state index in [1.807, 2.05) is 0 Å². The molecule has 16 heavy (non-hydrogen) atoms. The van der Waals surface area contributed by atoms with Crippen molar-refractivity contribution in [1.29, 1.82) is 0 Å². The van der Waals surface area contributed by atoms with E-state index in [0.717, 1.165) is 11.8 Å². The van der Waals surface area contributed by atoms with Gasteiger partial charge in [0, 0.05) is 18.3 Å². The zero-order valence-corrected chi connectivity index (χ0v) is 10.9. The molecule has 0 aromatic carbocycles. The van der Waals surface area contributed by atoms with Gasteiger partial charge in [-0.25, -0.2) is 4.58 Å². The molecule has 0 saturated carbocycles. The predicted octanol–water partition coefficient (Wildman–Crippen LogP) is -0.704. The molecule has 5 nitrogen and oxygen atoms in total. The van der Waals surface area contributed by atoms with Gasteiger partial charge in [-0.05, 0) is 6.42 Å². The molecule has 0 bridgehead atoms. The van der Waals surface area contributed by atoms with Gasteiger partial charge in [0.05, 0.1) is 0 Å². The Kier molecular flexibility index (Phi) is 7.10. The van der Waals surface area contributed by atoms with Crippen LogP contribution in [0.3, 0.4) is 0 Å². The van der Waals surface area contributed by atoms with Crippen molar-refractivity contribution in [2.75, 3.05) is 13.1 Å². The van der Waals surface area contributed by atoms with E-state index in [4.69, 9.17) is 18.6 Å². The second kappa shape index (κ2) is 7.19. The molecule has 0 fully saturated rings. The molecular weight excluding hydrogens is 234 g/mol.